The standard InChI is InChI=1S/C9H7NO3S/c1-5-10-6(4-14-5)7-2-3-8(13-7)9(11)12/h2-4H,1H3,(H,11,12). The van der Waals surface area contributed by atoms with Crippen LogP contribution in [0.25, 0.3) is 11.5 Å². The Labute approximate surface area is 83.8 Å². The number of thiazole rings is 1. The van der Waals surface area contributed by atoms with Gasteiger partial charge >= 0.3 is 5.97 Å². The van der Waals surface area contributed by atoms with Gasteiger partial charge in [-0.25, -0.2) is 9.78 Å². The van der Waals surface area contributed by atoms with E-state index in [1.54, 1.807) is 6.07 Å². The molecule has 14 heavy (non-hydrogen) atoms. The number of carboxylic acid groups (broad SMARTS) is 1. The number of carbonyl (C=O) groups is 1. The molecule has 5 heteroatoms. The van der Waals surface area contributed by atoms with Crippen molar-refractivity contribution in [2.75, 3.05) is 0 Å². The van der Waals surface area contributed by atoms with Crippen molar-refractivity contribution in [2.24, 2.45) is 0 Å². The van der Waals surface area contributed by atoms with Gasteiger partial charge in [-0.2, -0.15) is 0 Å². The Kier molecular flexibility index (Phi) is 2.09. The van der Waals surface area contributed by atoms with E-state index in [1.165, 1.54) is 17.4 Å². The van der Waals surface area contributed by atoms with E-state index >= 15 is 0 Å². The number of carboxylic acids is 1. The van der Waals surface area contributed by atoms with Crippen molar-refractivity contribution >= 4 is 17.3 Å². The van der Waals surface area contributed by atoms with Gasteiger partial charge in [0, 0.05) is 5.38 Å². The zero-order valence-electron chi connectivity index (χ0n) is 7.35. The summed E-state index contributed by atoms with van der Waals surface area (Å²) in [6, 6.07) is 3.03. The summed E-state index contributed by atoms with van der Waals surface area (Å²) in [4.78, 5) is 14.7. The molecule has 0 atom stereocenters. The van der Waals surface area contributed by atoms with Gasteiger partial charge in [0.15, 0.2) is 5.76 Å². The average molecular weight is 209 g/mol. The quantitative estimate of drug-likeness (QED) is 0.824. The van der Waals surface area contributed by atoms with Crippen molar-refractivity contribution in [3.8, 4) is 11.5 Å². The summed E-state index contributed by atoms with van der Waals surface area (Å²) in [5.41, 5.74) is 0.681. The molecule has 1 N–H and O–H groups in total. The molecular formula is C9H7NO3S. The van der Waals surface area contributed by atoms with Crippen LogP contribution in [0, 0.1) is 6.92 Å². The first-order valence-corrected chi connectivity index (χ1v) is 4.80. The Hall–Kier alpha value is -1.62. The highest BCUT2D eigenvalue weighted by atomic mass is 32.1. The second kappa shape index (κ2) is 3.26. The summed E-state index contributed by atoms with van der Waals surface area (Å²) in [6.07, 6.45) is 0. The topological polar surface area (TPSA) is 63.3 Å². The van der Waals surface area contributed by atoms with Crippen LogP contribution in [-0.2, 0) is 0 Å². The van der Waals surface area contributed by atoms with Gasteiger partial charge < -0.3 is 9.52 Å². The molecule has 0 fully saturated rings. The second-order valence-electron chi connectivity index (χ2n) is 2.72. The summed E-state index contributed by atoms with van der Waals surface area (Å²) < 4.78 is 5.09. The second-order valence-corrected chi connectivity index (χ2v) is 3.78. The molecule has 0 spiro atoms. The molecule has 0 amide bonds. The first-order chi connectivity index (χ1) is 6.66. The normalized spacial score (nSPS) is 10.4. The van der Waals surface area contributed by atoms with E-state index in [2.05, 4.69) is 4.98 Å². The molecule has 0 aromatic carbocycles. The lowest BCUT2D eigenvalue weighted by atomic mass is 10.3. The van der Waals surface area contributed by atoms with Crippen LogP contribution in [0.3, 0.4) is 0 Å². The Morgan fingerprint density at radius 2 is 2.36 bits per heavy atom. The largest absolute Gasteiger partial charge is 0.475 e. The molecule has 72 valence electrons. The van der Waals surface area contributed by atoms with Crippen LogP contribution in [0.15, 0.2) is 21.9 Å². The van der Waals surface area contributed by atoms with E-state index in [0.29, 0.717) is 11.5 Å². The number of furan rings is 1. The zero-order valence-corrected chi connectivity index (χ0v) is 8.17. The van der Waals surface area contributed by atoms with Crippen molar-refractivity contribution < 1.29 is 14.3 Å². The van der Waals surface area contributed by atoms with Crippen LogP contribution in [-0.4, -0.2) is 16.1 Å². The minimum Gasteiger partial charge on any atom is -0.475 e. The molecule has 0 aliphatic carbocycles. The summed E-state index contributed by atoms with van der Waals surface area (Å²) in [7, 11) is 0. The van der Waals surface area contributed by atoms with Gasteiger partial charge in [0.2, 0.25) is 5.76 Å². The summed E-state index contributed by atoms with van der Waals surface area (Å²) in [5, 5.41) is 11.4. The van der Waals surface area contributed by atoms with Crippen LogP contribution in [0.4, 0.5) is 0 Å². The Bertz CT molecular complexity index is 472. The molecule has 0 aliphatic heterocycles. The third kappa shape index (κ3) is 1.54. The Morgan fingerprint density at radius 1 is 1.57 bits per heavy atom. The van der Waals surface area contributed by atoms with Gasteiger partial charge in [-0.05, 0) is 19.1 Å². The Morgan fingerprint density at radius 3 is 2.86 bits per heavy atom. The smallest absolute Gasteiger partial charge is 0.371 e. The van der Waals surface area contributed by atoms with Gasteiger partial charge in [-0.15, -0.1) is 11.3 Å². The molecule has 2 aromatic heterocycles. The molecule has 0 radical (unpaired) electrons. The Balaban J connectivity index is 2.38. The van der Waals surface area contributed by atoms with E-state index < -0.39 is 5.97 Å². The minimum absolute atomic E-state index is 0.0642. The van der Waals surface area contributed by atoms with E-state index in [9.17, 15) is 4.79 Å². The van der Waals surface area contributed by atoms with Crippen molar-refractivity contribution in [3.05, 3.63) is 28.3 Å². The lowest BCUT2D eigenvalue weighted by molar-refractivity contribution is 0.0663. The number of aromatic nitrogens is 1. The van der Waals surface area contributed by atoms with Gasteiger partial charge in [-0.3, -0.25) is 0 Å². The van der Waals surface area contributed by atoms with Crippen LogP contribution in [0.2, 0.25) is 0 Å². The molecule has 0 aliphatic rings. The van der Waals surface area contributed by atoms with Crippen molar-refractivity contribution in [1.82, 2.24) is 4.98 Å². The first kappa shape index (κ1) is 8.96. The maximum absolute atomic E-state index is 10.5. The highest BCUT2D eigenvalue weighted by molar-refractivity contribution is 7.09. The highest BCUT2D eigenvalue weighted by Crippen LogP contribution is 2.23. The molecule has 0 unspecified atom stereocenters. The highest BCUT2D eigenvalue weighted by Gasteiger charge is 2.11. The van der Waals surface area contributed by atoms with Gasteiger partial charge in [0.05, 0.1) is 5.01 Å². The predicted molar refractivity (Wildman–Crippen MR) is 51.5 cm³/mol. The number of rotatable bonds is 2. The monoisotopic (exact) mass is 209 g/mol. The molecule has 2 heterocycles. The number of aromatic carboxylic acids is 1. The van der Waals surface area contributed by atoms with E-state index in [0.717, 1.165) is 5.01 Å². The van der Waals surface area contributed by atoms with Crippen molar-refractivity contribution in [1.29, 1.82) is 0 Å². The lowest BCUT2D eigenvalue weighted by Gasteiger charge is -1.88. The maximum Gasteiger partial charge on any atom is 0.371 e. The molecule has 2 rings (SSSR count). The summed E-state index contributed by atoms with van der Waals surface area (Å²) >= 11 is 1.50. The number of aryl methyl sites for hydroxylation is 1. The van der Waals surface area contributed by atoms with Crippen LogP contribution in [0.5, 0.6) is 0 Å². The molecule has 0 bridgehead atoms. The van der Waals surface area contributed by atoms with Crippen molar-refractivity contribution in [2.45, 2.75) is 6.92 Å². The number of nitrogens with zero attached hydrogens (tertiary/aromatic N) is 1. The SMILES string of the molecule is Cc1nc(-c2ccc(C(=O)O)o2)cs1. The molecule has 0 saturated heterocycles. The summed E-state index contributed by atoms with van der Waals surface area (Å²) in [6.45, 7) is 1.88. The minimum atomic E-state index is -1.07. The summed E-state index contributed by atoms with van der Waals surface area (Å²) in [5.74, 6) is -0.638. The van der Waals surface area contributed by atoms with E-state index in [-0.39, 0.29) is 5.76 Å². The fraction of sp³-hybridized carbons (Fsp3) is 0.111. The third-order valence-corrected chi connectivity index (χ3v) is 2.46. The van der Waals surface area contributed by atoms with Crippen LogP contribution < -0.4 is 0 Å². The molecule has 4 nitrogen and oxygen atoms in total. The fourth-order valence-corrected chi connectivity index (χ4v) is 1.67. The van der Waals surface area contributed by atoms with E-state index in [4.69, 9.17) is 9.52 Å². The molecule has 0 saturated carbocycles. The zero-order chi connectivity index (χ0) is 10.1. The number of hydrogen-bond donors (Lipinski definition) is 1. The van der Waals surface area contributed by atoms with Gasteiger partial charge in [-0.1, -0.05) is 0 Å². The van der Waals surface area contributed by atoms with Gasteiger partial charge in [0.1, 0.15) is 5.69 Å². The van der Waals surface area contributed by atoms with Crippen LogP contribution >= 0.6 is 11.3 Å². The van der Waals surface area contributed by atoms with E-state index in [1.807, 2.05) is 12.3 Å². The van der Waals surface area contributed by atoms with Gasteiger partial charge in [0.25, 0.3) is 0 Å². The van der Waals surface area contributed by atoms with Crippen molar-refractivity contribution in [3.63, 3.8) is 0 Å². The number of hydrogen-bond acceptors (Lipinski definition) is 4. The predicted octanol–water partition coefficient (Wildman–Crippen LogP) is 2.41. The molecular weight excluding hydrogens is 202 g/mol. The molecule has 2 aromatic rings. The first-order valence-electron chi connectivity index (χ1n) is 3.92. The lowest BCUT2D eigenvalue weighted by Crippen LogP contribution is -1.91. The fourth-order valence-electron chi connectivity index (χ4n) is 1.07. The maximum atomic E-state index is 10.5. The average Bonchev–Trinajstić information content (AvgIpc) is 2.70. The van der Waals surface area contributed by atoms with Crippen LogP contribution in [0.1, 0.15) is 15.6 Å². The third-order valence-electron chi connectivity index (χ3n) is 1.69.